The second kappa shape index (κ2) is 7.10. The van der Waals surface area contributed by atoms with Gasteiger partial charge >= 0.3 is 0 Å². The van der Waals surface area contributed by atoms with Crippen LogP contribution >= 0.6 is 0 Å². The van der Waals surface area contributed by atoms with Crippen molar-refractivity contribution in [2.45, 2.75) is 25.0 Å². The van der Waals surface area contributed by atoms with Crippen molar-refractivity contribution < 1.29 is 9.18 Å². The first-order valence-corrected chi connectivity index (χ1v) is 9.85. The molecule has 4 unspecified atom stereocenters. The second-order valence-electron chi connectivity index (χ2n) is 7.77. The van der Waals surface area contributed by atoms with Crippen molar-refractivity contribution >= 4 is 11.6 Å². The number of nitrogens with zero attached hydrogens (tertiary/aromatic N) is 1. The predicted molar refractivity (Wildman–Crippen MR) is 111 cm³/mol. The summed E-state index contributed by atoms with van der Waals surface area (Å²) in [4.78, 5) is 15.3. The van der Waals surface area contributed by atoms with E-state index in [0.29, 0.717) is 0 Å². The Kier molecular flexibility index (Phi) is 4.42. The zero-order valence-corrected chi connectivity index (χ0v) is 16.0. The van der Waals surface area contributed by atoms with Gasteiger partial charge in [-0.25, -0.2) is 15.2 Å². The Balaban J connectivity index is 1.62. The quantitative estimate of drug-likeness (QED) is 0.713. The van der Waals surface area contributed by atoms with E-state index in [1.54, 1.807) is 12.1 Å². The number of aryl methyl sites for hydroxylation is 1. The van der Waals surface area contributed by atoms with E-state index < -0.39 is 0 Å². The summed E-state index contributed by atoms with van der Waals surface area (Å²) in [7, 11) is 0. The van der Waals surface area contributed by atoms with Gasteiger partial charge in [0.25, 0.3) is 0 Å². The largest absolute Gasteiger partial charge is 0.303 e. The third-order valence-corrected chi connectivity index (χ3v) is 5.99. The lowest BCUT2D eigenvalue weighted by molar-refractivity contribution is -0.119. The number of amides is 1. The Morgan fingerprint density at radius 2 is 1.41 bits per heavy atom. The molecule has 2 heterocycles. The van der Waals surface area contributed by atoms with Crippen LogP contribution in [0.4, 0.5) is 10.1 Å². The highest BCUT2D eigenvalue weighted by molar-refractivity contribution is 6.01. The van der Waals surface area contributed by atoms with Crippen LogP contribution < -0.4 is 15.8 Å². The number of rotatable bonds is 3. The molecule has 146 valence electrons. The molecule has 0 spiro atoms. The number of carbonyl (C=O) groups is 1. The molecule has 0 aliphatic carbocycles. The summed E-state index contributed by atoms with van der Waals surface area (Å²) in [6.45, 7) is 2.06. The molecule has 0 bridgehead atoms. The molecular weight excluding hydrogens is 365 g/mol. The maximum Gasteiger partial charge on any atom is 0.246 e. The van der Waals surface area contributed by atoms with E-state index in [1.165, 1.54) is 17.7 Å². The fraction of sp³-hybridized carbons (Fsp3) is 0.208. The average Bonchev–Trinajstić information content (AvgIpc) is 3.29. The molecule has 2 aliphatic rings. The number of para-hydroxylation sites is 1. The number of nitrogens with one attached hydrogen (secondary N) is 2. The number of halogens is 1. The van der Waals surface area contributed by atoms with E-state index in [0.717, 1.165) is 16.8 Å². The fourth-order valence-corrected chi connectivity index (χ4v) is 4.60. The minimum atomic E-state index is -0.350. The summed E-state index contributed by atoms with van der Waals surface area (Å²) < 4.78 is 13.6. The highest BCUT2D eigenvalue weighted by Crippen LogP contribution is 2.48. The number of hydrazine groups is 1. The SMILES string of the molecule is Cc1ccc(C2NNC3C(=O)N(c4ccccc4)C(c4ccc(F)cc4)C32)cc1. The molecule has 2 N–H and O–H groups in total. The first-order chi connectivity index (χ1) is 14.1. The summed E-state index contributed by atoms with van der Waals surface area (Å²) in [5.41, 5.74) is 10.7. The van der Waals surface area contributed by atoms with Gasteiger partial charge in [0, 0.05) is 11.6 Å². The topological polar surface area (TPSA) is 44.4 Å². The van der Waals surface area contributed by atoms with Crippen LogP contribution in [0.25, 0.3) is 0 Å². The number of carbonyl (C=O) groups excluding carboxylic acids is 1. The Hall–Kier alpha value is -3.02. The van der Waals surface area contributed by atoms with Gasteiger partial charge < -0.3 is 4.90 Å². The second-order valence-corrected chi connectivity index (χ2v) is 7.77. The van der Waals surface area contributed by atoms with Gasteiger partial charge in [-0.15, -0.1) is 0 Å². The van der Waals surface area contributed by atoms with Gasteiger partial charge in [0.05, 0.1) is 12.1 Å². The highest BCUT2D eigenvalue weighted by Gasteiger charge is 2.55. The predicted octanol–water partition coefficient (Wildman–Crippen LogP) is 4.06. The molecular formula is C24H22FN3O. The zero-order chi connectivity index (χ0) is 20.0. The molecule has 4 nitrogen and oxygen atoms in total. The molecule has 0 aromatic heterocycles. The monoisotopic (exact) mass is 387 g/mol. The molecule has 0 radical (unpaired) electrons. The fourth-order valence-electron chi connectivity index (χ4n) is 4.60. The lowest BCUT2D eigenvalue weighted by Crippen LogP contribution is -2.41. The molecule has 3 aromatic carbocycles. The summed E-state index contributed by atoms with van der Waals surface area (Å²) in [6, 6.07) is 24.0. The van der Waals surface area contributed by atoms with Crippen molar-refractivity contribution in [1.82, 2.24) is 10.9 Å². The van der Waals surface area contributed by atoms with Gasteiger partial charge in [-0.05, 0) is 42.3 Å². The maximum absolute atomic E-state index is 13.6. The molecule has 5 rings (SSSR count). The summed E-state index contributed by atoms with van der Waals surface area (Å²) in [5, 5.41) is 0. The van der Waals surface area contributed by atoms with Crippen molar-refractivity contribution in [1.29, 1.82) is 0 Å². The van der Waals surface area contributed by atoms with E-state index in [9.17, 15) is 9.18 Å². The van der Waals surface area contributed by atoms with Crippen LogP contribution in [-0.2, 0) is 4.79 Å². The number of fused-ring (bicyclic) bond motifs is 1. The first kappa shape index (κ1) is 18.0. The third kappa shape index (κ3) is 3.03. The summed E-state index contributed by atoms with van der Waals surface area (Å²) in [6.07, 6.45) is 0. The Morgan fingerprint density at radius 3 is 2.10 bits per heavy atom. The van der Waals surface area contributed by atoms with Gasteiger partial charge in [-0.2, -0.15) is 0 Å². The number of hydrogen-bond donors (Lipinski definition) is 2. The minimum absolute atomic E-state index is 0.0256. The molecule has 2 aliphatic heterocycles. The van der Waals surface area contributed by atoms with Crippen molar-refractivity contribution in [2.75, 3.05) is 4.90 Å². The van der Waals surface area contributed by atoms with Gasteiger partial charge in [-0.3, -0.25) is 4.79 Å². The molecule has 0 saturated carbocycles. The lowest BCUT2D eigenvalue weighted by atomic mass is 9.83. The Morgan fingerprint density at radius 1 is 0.793 bits per heavy atom. The van der Waals surface area contributed by atoms with Gasteiger partial charge in [0.1, 0.15) is 11.9 Å². The lowest BCUT2D eigenvalue weighted by Gasteiger charge is -2.31. The number of benzene rings is 3. The summed E-state index contributed by atoms with van der Waals surface area (Å²) in [5.74, 6) is -0.285. The molecule has 4 atom stereocenters. The maximum atomic E-state index is 13.6. The molecule has 2 saturated heterocycles. The van der Waals surface area contributed by atoms with Crippen LogP contribution in [0.3, 0.4) is 0 Å². The van der Waals surface area contributed by atoms with Gasteiger partial charge in [-0.1, -0.05) is 60.2 Å². The molecule has 2 fully saturated rings. The molecule has 29 heavy (non-hydrogen) atoms. The smallest absolute Gasteiger partial charge is 0.246 e. The number of anilines is 1. The van der Waals surface area contributed by atoms with Crippen LogP contribution in [-0.4, -0.2) is 11.9 Å². The van der Waals surface area contributed by atoms with Crippen LogP contribution in [0.2, 0.25) is 0 Å². The van der Waals surface area contributed by atoms with Crippen molar-refractivity contribution in [3.05, 3.63) is 101 Å². The number of hydrogen-bond acceptors (Lipinski definition) is 3. The van der Waals surface area contributed by atoms with Crippen LogP contribution in [0, 0.1) is 18.7 Å². The van der Waals surface area contributed by atoms with E-state index in [4.69, 9.17) is 0 Å². The van der Waals surface area contributed by atoms with Crippen molar-refractivity contribution in [3.63, 3.8) is 0 Å². The van der Waals surface area contributed by atoms with Crippen molar-refractivity contribution in [2.24, 2.45) is 5.92 Å². The van der Waals surface area contributed by atoms with Crippen LogP contribution in [0.1, 0.15) is 28.8 Å². The van der Waals surface area contributed by atoms with Crippen LogP contribution in [0.15, 0.2) is 78.9 Å². The molecule has 1 amide bonds. The minimum Gasteiger partial charge on any atom is -0.303 e. The van der Waals surface area contributed by atoms with Gasteiger partial charge in [0.2, 0.25) is 5.91 Å². The Bertz CT molecular complexity index is 1020. The van der Waals surface area contributed by atoms with Crippen molar-refractivity contribution in [3.8, 4) is 0 Å². The normalized spacial score (nSPS) is 26.0. The zero-order valence-electron chi connectivity index (χ0n) is 16.0. The average molecular weight is 387 g/mol. The third-order valence-electron chi connectivity index (χ3n) is 5.99. The molecule has 3 aromatic rings. The van der Waals surface area contributed by atoms with E-state index in [-0.39, 0.29) is 35.8 Å². The van der Waals surface area contributed by atoms with Crippen LogP contribution in [0.5, 0.6) is 0 Å². The van der Waals surface area contributed by atoms with E-state index >= 15 is 0 Å². The summed E-state index contributed by atoms with van der Waals surface area (Å²) >= 11 is 0. The van der Waals surface area contributed by atoms with Gasteiger partial charge in [0.15, 0.2) is 0 Å². The standard InChI is InChI=1S/C24H22FN3O/c1-15-7-9-16(10-8-15)21-20-22(27-26-21)24(29)28(19-5-3-2-4-6-19)23(20)17-11-13-18(25)14-12-17/h2-14,20-23,26-27H,1H3. The molecule has 5 heteroatoms. The Labute approximate surface area is 169 Å². The first-order valence-electron chi connectivity index (χ1n) is 9.85. The van der Waals surface area contributed by atoms with E-state index in [2.05, 4.69) is 42.0 Å². The van der Waals surface area contributed by atoms with E-state index in [1.807, 2.05) is 35.2 Å². The highest BCUT2D eigenvalue weighted by atomic mass is 19.1.